The molecule has 0 aliphatic carbocycles. The number of carbonyl (C=O) groups is 2. The maximum absolute atomic E-state index is 12.9. The molecule has 1 fully saturated rings. The molecule has 1 aliphatic rings. The second-order valence-corrected chi connectivity index (χ2v) is 6.72. The number of nitrogens with zero attached hydrogens (tertiary/aromatic N) is 2. The molecule has 1 aliphatic heterocycles. The number of rotatable bonds is 5. The standard InChI is InChI=1S/C22H16N2O6/c25-20(15-8-10-16(11-9-15)24(28)29)18-19(14-5-2-1-3-6-14)23(22(27)21(18)26)13-17-7-4-12-30-17/h1-12,19,25H,13H2/b20-18-. The van der Waals surface area contributed by atoms with Crippen LogP contribution >= 0.6 is 0 Å². The first-order chi connectivity index (χ1) is 14.5. The summed E-state index contributed by atoms with van der Waals surface area (Å²) in [5, 5.41) is 21.8. The molecule has 8 nitrogen and oxygen atoms in total. The fourth-order valence-corrected chi connectivity index (χ4v) is 3.49. The van der Waals surface area contributed by atoms with E-state index in [1.807, 2.05) is 0 Å². The van der Waals surface area contributed by atoms with Crippen LogP contribution < -0.4 is 0 Å². The van der Waals surface area contributed by atoms with Crippen LogP contribution in [-0.4, -0.2) is 26.6 Å². The first kappa shape index (κ1) is 19.1. The summed E-state index contributed by atoms with van der Waals surface area (Å²) in [4.78, 5) is 37.3. The third-order valence-electron chi connectivity index (χ3n) is 4.91. The number of aliphatic hydroxyl groups is 1. The van der Waals surface area contributed by atoms with Crippen LogP contribution in [-0.2, 0) is 16.1 Å². The maximum Gasteiger partial charge on any atom is 0.296 e. The van der Waals surface area contributed by atoms with Gasteiger partial charge in [-0.15, -0.1) is 0 Å². The molecule has 1 unspecified atom stereocenters. The average molecular weight is 404 g/mol. The minimum absolute atomic E-state index is 0.0498. The number of aliphatic hydroxyl groups excluding tert-OH is 1. The lowest BCUT2D eigenvalue weighted by Gasteiger charge is -2.24. The van der Waals surface area contributed by atoms with Gasteiger partial charge in [0.25, 0.3) is 17.4 Å². The van der Waals surface area contributed by atoms with Gasteiger partial charge >= 0.3 is 0 Å². The van der Waals surface area contributed by atoms with E-state index in [4.69, 9.17) is 4.42 Å². The number of Topliss-reactive ketones (excluding diaryl/α,β-unsaturated/α-hetero) is 1. The van der Waals surface area contributed by atoms with Crippen LogP contribution in [0.2, 0.25) is 0 Å². The van der Waals surface area contributed by atoms with E-state index in [0.717, 1.165) is 0 Å². The Morgan fingerprint density at radius 2 is 1.73 bits per heavy atom. The highest BCUT2D eigenvalue weighted by Crippen LogP contribution is 2.40. The van der Waals surface area contributed by atoms with Crippen LogP contribution in [0.25, 0.3) is 5.76 Å². The molecule has 8 heteroatoms. The van der Waals surface area contributed by atoms with Crippen molar-refractivity contribution in [3.63, 3.8) is 0 Å². The molecule has 1 amide bonds. The number of nitro groups is 1. The quantitative estimate of drug-likeness (QED) is 0.227. The van der Waals surface area contributed by atoms with E-state index in [2.05, 4.69) is 0 Å². The summed E-state index contributed by atoms with van der Waals surface area (Å²) in [5.41, 5.74) is 0.625. The Bertz CT molecular complexity index is 1130. The van der Waals surface area contributed by atoms with Crippen LogP contribution in [0.4, 0.5) is 5.69 Å². The minimum Gasteiger partial charge on any atom is -0.507 e. The van der Waals surface area contributed by atoms with Crippen LogP contribution in [0.1, 0.15) is 22.9 Å². The van der Waals surface area contributed by atoms with E-state index in [9.17, 15) is 24.8 Å². The van der Waals surface area contributed by atoms with Gasteiger partial charge in [-0.25, -0.2) is 0 Å². The highest BCUT2D eigenvalue weighted by molar-refractivity contribution is 6.46. The largest absolute Gasteiger partial charge is 0.507 e. The lowest BCUT2D eigenvalue weighted by molar-refractivity contribution is -0.384. The van der Waals surface area contributed by atoms with Gasteiger partial charge in [0.05, 0.1) is 29.3 Å². The Kier molecular flexibility index (Phi) is 4.89. The monoisotopic (exact) mass is 404 g/mol. The van der Waals surface area contributed by atoms with E-state index >= 15 is 0 Å². The summed E-state index contributed by atoms with van der Waals surface area (Å²) in [5.74, 6) is -1.48. The highest BCUT2D eigenvalue weighted by atomic mass is 16.6. The van der Waals surface area contributed by atoms with E-state index in [0.29, 0.717) is 11.3 Å². The summed E-state index contributed by atoms with van der Waals surface area (Å²) in [7, 11) is 0. The van der Waals surface area contributed by atoms with Crippen molar-refractivity contribution >= 4 is 23.1 Å². The van der Waals surface area contributed by atoms with Crippen LogP contribution in [0.3, 0.4) is 0 Å². The molecular weight excluding hydrogens is 388 g/mol. The molecule has 4 rings (SSSR count). The van der Waals surface area contributed by atoms with Gasteiger partial charge < -0.3 is 14.4 Å². The molecule has 2 heterocycles. The first-order valence-electron chi connectivity index (χ1n) is 9.08. The number of nitro benzene ring substituents is 1. The fraction of sp³-hybridized carbons (Fsp3) is 0.0909. The molecule has 0 spiro atoms. The van der Waals surface area contributed by atoms with Crippen LogP contribution in [0, 0.1) is 10.1 Å². The van der Waals surface area contributed by atoms with E-state index in [1.54, 1.807) is 42.5 Å². The predicted molar refractivity (Wildman–Crippen MR) is 106 cm³/mol. The molecule has 1 saturated heterocycles. The molecule has 30 heavy (non-hydrogen) atoms. The van der Waals surface area contributed by atoms with Crippen molar-refractivity contribution < 1.29 is 24.0 Å². The summed E-state index contributed by atoms with van der Waals surface area (Å²) in [6, 6.07) is 16.6. The van der Waals surface area contributed by atoms with Crippen molar-refractivity contribution in [2.75, 3.05) is 0 Å². The lowest BCUT2D eigenvalue weighted by atomic mass is 9.95. The van der Waals surface area contributed by atoms with Crippen molar-refractivity contribution in [3.05, 3.63) is 106 Å². The number of hydrogen-bond donors (Lipinski definition) is 1. The zero-order valence-electron chi connectivity index (χ0n) is 15.6. The van der Waals surface area contributed by atoms with Gasteiger partial charge in [0.2, 0.25) is 0 Å². The van der Waals surface area contributed by atoms with Gasteiger partial charge in [-0.2, -0.15) is 0 Å². The second kappa shape index (κ2) is 7.67. The molecule has 0 bridgehead atoms. The molecule has 1 N–H and O–H groups in total. The van der Waals surface area contributed by atoms with Gasteiger partial charge in [0.1, 0.15) is 11.5 Å². The molecular formula is C22H16N2O6. The molecule has 150 valence electrons. The fourth-order valence-electron chi connectivity index (χ4n) is 3.49. The molecule has 1 atom stereocenters. The Labute approximate surface area is 170 Å². The zero-order chi connectivity index (χ0) is 21.3. The SMILES string of the molecule is O=C1C(=O)N(Cc2ccco2)C(c2ccccc2)/C1=C(/O)c1ccc([N+](=O)[O-])cc1. The normalized spacial score (nSPS) is 18.0. The number of furan rings is 1. The third-order valence-corrected chi connectivity index (χ3v) is 4.91. The summed E-state index contributed by atoms with van der Waals surface area (Å²) in [6.07, 6.45) is 1.47. The third kappa shape index (κ3) is 3.35. The molecule has 0 radical (unpaired) electrons. The van der Waals surface area contributed by atoms with Gasteiger partial charge in [0, 0.05) is 17.7 Å². The topological polar surface area (TPSA) is 114 Å². The predicted octanol–water partition coefficient (Wildman–Crippen LogP) is 3.81. The smallest absolute Gasteiger partial charge is 0.296 e. The summed E-state index contributed by atoms with van der Waals surface area (Å²) >= 11 is 0. The number of ketones is 1. The van der Waals surface area contributed by atoms with Crippen molar-refractivity contribution in [3.8, 4) is 0 Å². The van der Waals surface area contributed by atoms with Crippen molar-refractivity contribution in [2.45, 2.75) is 12.6 Å². The maximum atomic E-state index is 12.9. The highest BCUT2D eigenvalue weighted by Gasteiger charge is 2.46. The number of carbonyl (C=O) groups excluding carboxylic acids is 2. The Morgan fingerprint density at radius 3 is 2.33 bits per heavy atom. The summed E-state index contributed by atoms with van der Waals surface area (Å²) < 4.78 is 5.33. The summed E-state index contributed by atoms with van der Waals surface area (Å²) in [6.45, 7) is 0.0498. The number of amides is 1. The van der Waals surface area contributed by atoms with Crippen molar-refractivity contribution in [1.82, 2.24) is 4.90 Å². The Hall–Kier alpha value is -4.20. The van der Waals surface area contributed by atoms with Crippen LogP contribution in [0.5, 0.6) is 0 Å². The number of benzene rings is 2. The first-order valence-corrected chi connectivity index (χ1v) is 9.08. The van der Waals surface area contributed by atoms with Crippen LogP contribution in [0.15, 0.2) is 83.0 Å². The van der Waals surface area contributed by atoms with E-state index in [-0.39, 0.29) is 29.1 Å². The van der Waals surface area contributed by atoms with Gasteiger partial charge in [0.15, 0.2) is 0 Å². The Morgan fingerprint density at radius 1 is 1.03 bits per heavy atom. The second-order valence-electron chi connectivity index (χ2n) is 6.72. The van der Waals surface area contributed by atoms with E-state index < -0.39 is 22.7 Å². The number of likely N-dealkylation sites (tertiary alicyclic amines) is 1. The van der Waals surface area contributed by atoms with E-state index in [1.165, 1.54) is 35.4 Å². The number of hydrogen-bond acceptors (Lipinski definition) is 6. The van der Waals surface area contributed by atoms with Crippen molar-refractivity contribution in [1.29, 1.82) is 0 Å². The van der Waals surface area contributed by atoms with Crippen molar-refractivity contribution in [2.24, 2.45) is 0 Å². The Balaban J connectivity index is 1.83. The molecule has 1 aromatic heterocycles. The number of non-ortho nitro benzene ring substituents is 1. The average Bonchev–Trinajstić information content (AvgIpc) is 3.36. The zero-order valence-corrected chi connectivity index (χ0v) is 15.6. The molecule has 0 saturated carbocycles. The lowest BCUT2D eigenvalue weighted by Crippen LogP contribution is -2.29. The molecule has 2 aromatic carbocycles. The minimum atomic E-state index is -0.828. The van der Waals surface area contributed by atoms with Gasteiger partial charge in [-0.3, -0.25) is 19.7 Å². The molecule has 3 aromatic rings. The van der Waals surface area contributed by atoms with Gasteiger partial charge in [-0.1, -0.05) is 30.3 Å². The van der Waals surface area contributed by atoms with Gasteiger partial charge in [-0.05, 0) is 29.8 Å².